The van der Waals surface area contributed by atoms with E-state index in [2.05, 4.69) is 9.97 Å². The number of hydrogen-bond acceptors (Lipinski definition) is 4. The van der Waals surface area contributed by atoms with Crippen LogP contribution in [0.15, 0.2) is 16.0 Å². The number of aryl methyl sites for hydroxylation is 1. The van der Waals surface area contributed by atoms with E-state index < -0.39 is 5.60 Å². The van der Waals surface area contributed by atoms with Crippen LogP contribution in [0.2, 0.25) is 0 Å². The van der Waals surface area contributed by atoms with Gasteiger partial charge in [0.05, 0.1) is 5.60 Å². The lowest BCUT2D eigenvalue weighted by molar-refractivity contribution is 0.107. The molecule has 0 saturated carbocycles. The van der Waals surface area contributed by atoms with Gasteiger partial charge >= 0.3 is 0 Å². The van der Waals surface area contributed by atoms with Crippen LogP contribution in [0.4, 0.5) is 0 Å². The molecule has 1 rings (SSSR count). The Kier molecular flexibility index (Phi) is 4.56. The molecule has 4 nitrogen and oxygen atoms in total. The van der Waals surface area contributed by atoms with E-state index in [4.69, 9.17) is 0 Å². The van der Waals surface area contributed by atoms with Gasteiger partial charge in [0.1, 0.15) is 0 Å². The molecule has 1 aromatic heterocycles. The fraction of sp³-hybridized carbons (Fsp3) is 0.636. The van der Waals surface area contributed by atoms with Gasteiger partial charge in [-0.25, -0.2) is 4.98 Å². The Morgan fingerprint density at radius 1 is 1.56 bits per heavy atom. The van der Waals surface area contributed by atoms with E-state index in [1.165, 1.54) is 17.8 Å². The first kappa shape index (κ1) is 13.3. The number of rotatable bonds is 5. The Hall–Kier alpha value is -0.810. The molecule has 0 radical (unpaired) electrons. The van der Waals surface area contributed by atoms with Gasteiger partial charge in [0.15, 0.2) is 5.16 Å². The minimum Gasteiger partial charge on any atom is -0.390 e. The molecule has 0 aromatic carbocycles. The highest BCUT2D eigenvalue weighted by atomic mass is 32.2. The SMILES string of the molecule is CCCc1cc(=O)[nH]c(SCC(C)(C)O)n1. The zero-order valence-electron chi connectivity index (χ0n) is 9.91. The average Bonchev–Trinajstić information content (AvgIpc) is 2.13. The number of aliphatic hydroxyl groups is 1. The maximum Gasteiger partial charge on any atom is 0.251 e. The zero-order valence-corrected chi connectivity index (χ0v) is 10.7. The lowest BCUT2D eigenvalue weighted by Gasteiger charge is -2.15. The Labute approximate surface area is 99.5 Å². The molecule has 16 heavy (non-hydrogen) atoms. The van der Waals surface area contributed by atoms with E-state index in [-0.39, 0.29) is 5.56 Å². The minimum atomic E-state index is -0.760. The van der Waals surface area contributed by atoms with Crippen molar-refractivity contribution >= 4 is 11.8 Å². The van der Waals surface area contributed by atoms with Gasteiger partial charge in [-0.3, -0.25) is 4.79 Å². The van der Waals surface area contributed by atoms with Crippen LogP contribution in [0.25, 0.3) is 0 Å². The van der Waals surface area contributed by atoms with E-state index in [1.807, 2.05) is 6.92 Å². The van der Waals surface area contributed by atoms with E-state index in [9.17, 15) is 9.90 Å². The molecule has 2 N–H and O–H groups in total. The summed E-state index contributed by atoms with van der Waals surface area (Å²) in [5.74, 6) is 0.505. The number of aromatic amines is 1. The normalized spacial score (nSPS) is 11.8. The van der Waals surface area contributed by atoms with Gasteiger partial charge in [-0.1, -0.05) is 25.1 Å². The summed E-state index contributed by atoms with van der Waals surface area (Å²) >= 11 is 1.36. The standard InChI is InChI=1S/C11H18N2O2S/c1-4-5-8-6-9(14)13-10(12-8)16-7-11(2,3)15/h6,15H,4-5,7H2,1-3H3,(H,12,13,14). The molecule has 0 spiro atoms. The first-order valence-corrected chi connectivity index (χ1v) is 6.34. The summed E-state index contributed by atoms with van der Waals surface area (Å²) in [6.45, 7) is 5.51. The van der Waals surface area contributed by atoms with Gasteiger partial charge < -0.3 is 10.1 Å². The van der Waals surface area contributed by atoms with Crippen molar-refractivity contribution < 1.29 is 5.11 Å². The van der Waals surface area contributed by atoms with Gasteiger partial charge in [0.2, 0.25) is 0 Å². The zero-order chi connectivity index (χ0) is 12.2. The highest BCUT2D eigenvalue weighted by Crippen LogP contribution is 2.18. The molecule has 0 fully saturated rings. The second-order valence-corrected chi connectivity index (χ2v) is 5.36. The van der Waals surface area contributed by atoms with Crippen molar-refractivity contribution in [2.45, 2.75) is 44.4 Å². The molecule has 1 heterocycles. The Morgan fingerprint density at radius 3 is 2.81 bits per heavy atom. The number of thioether (sulfide) groups is 1. The number of hydrogen-bond donors (Lipinski definition) is 2. The van der Waals surface area contributed by atoms with Gasteiger partial charge in [-0.15, -0.1) is 0 Å². The van der Waals surface area contributed by atoms with E-state index in [0.717, 1.165) is 18.5 Å². The number of nitrogens with zero attached hydrogens (tertiary/aromatic N) is 1. The third-order valence-corrected chi connectivity index (χ3v) is 3.16. The summed E-state index contributed by atoms with van der Waals surface area (Å²) in [5, 5.41) is 10.2. The molecule has 0 aliphatic carbocycles. The summed E-state index contributed by atoms with van der Waals surface area (Å²) in [6.07, 6.45) is 1.77. The first-order valence-electron chi connectivity index (χ1n) is 5.36. The molecule has 1 aromatic rings. The second kappa shape index (κ2) is 5.50. The maximum absolute atomic E-state index is 11.3. The van der Waals surface area contributed by atoms with Crippen LogP contribution in [0.1, 0.15) is 32.9 Å². The molecule has 90 valence electrons. The quantitative estimate of drug-likeness (QED) is 0.608. The fourth-order valence-electron chi connectivity index (χ4n) is 1.18. The van der Waals surface area contributed by atoms with E-state index >= 15 is 0 Å². The molecule has 0 amide bonds. The molecular formula is C11H18N2O2S. The van der Waals surface area contributed by atoms with E-state index in [1.54, 1.807) is 13.8 Å². The van der Waals surface area contributed by atoms with Crippen molar-refractivity contribution in [3.63, 3.8) is 0 Å². The smallest absolute Gasteiger partial charge is 0.251 e. The van der Waals surface area contributed by atoms with Gasteiger partial charge in [-0.2, -0.15) is 0 Å². The maximum atomic E-state index is 11.3. The van der Waals surface area contributed by atoms with Gasteiger partial charge in [0.25, 0.3) is 5.56 Å². The van der Waals surface area contributed by atoms with Gasteiger partial charge in [-0.05, 0) is 20.3 Å². The Morgan fingerprint density at radius 2 is 2.25 bits per heavy atom. The second-order valence-electron chi connectivity index (χ2n) is 4.39. The summed E-state index contributed by atoms with van der Waals surface area (Å²) in [6, 6.07) is 1.53. The molecule has 0 bridgehead atoms. The molecular weight excluding hydrogens is 224 g/mol. The van der Waals surface area contributed by atoms with Crippen LogP contribution < -0.4 is 5.56 Å². The van der Waals surface area contributed by atoms with Crippen molar-refractivity contribution in [3.05, 3.63) is 22.1 Å². The molecule has 0 aliphatic rings. The summed E-state index contributed by atoms with van der Waals surface area (Å²) in [7, 11) is 0. The fourth-order valence-corrected chi connectivity index (χ4v) is 2.03. The Balaban J connectivity index is 2.76. The van der Waals surface area contributed by atoms with Crippen LogP contribution >= 0.6 is 11.8 Å². The van der Waals surface area contributed by atoms with Crippen molar-refractivity contribution in [1.82, 2.24) is 9.97 Å². The summed E-state index contributed by atoms with van der Waals surface area (Å²) in [5.41, 5.74) is -0.0783. The number of aromatic nitrogens is 2. The van der Waals surface area contributed by atoms with Crippen molar-refractivity contribution in [2.75, 3.05) is 5.75 Å². The van der Waals surface area contributed by atoms with Crippen LogP contribution in [0, 0.1) is 0 Å². The van der Waals surface area contributed by atoms with Crippen LogP contribution in [-0.2, 0) is 6.42 Å². The topological polar surface area (TPSA) is 66.0 Å². The van der Waals surface area contributed by atoms with Crippen LogP contribution in [-0.4, -0.2) is 26.4 Å². The first-order chi connectivity index (χ1) is 7.40. The van der Waals surface area contributed by atoms with E-state index in [0.29, 0.717) is 10.9 Å². The molecule has 5 heteroatoms. The van der Waals surface area contributed by atoms with Crippen LogP contribution in [0.3, 0.4) is 0 Å². The van der Waals surface area contributed by atoms with Gasteiger partial charge in [0, 0.05) is 17.5 Å². The molecule has 0 aliphatic heterocycles. The third-order valence-electron chi connectivity index (χ3n) is 1.84. The number of H-pyrrole nitrogens is 1. The monoisotopic (exact) mass is 242 g/mol. The largest absolute Gasteiger partial charge is 0.390 e. The predicted octanol–water partition coefficient (Wildman–Crippen LogP) is 1.59. The molecule has 0 saturated heterocycles. The van der Waals surface area contributed by atoms with Crippen molar-refractivity contribution in [3.8, 4) is 0 Å². The van der Waals surface area contributed by atoms with Crippen LogP contribution in [0.5, 0.6) is 0 Å². The average molecular weight is 242 g/mol. The third kappa shape index (κ3) is 4.81. The lowest BCUT2D eigenvalue weighted by atomic mass is 10.2. The molecule has 0 unspecified atom stereocenters. The lowest BCUT2D eigenvalue weighted by Crippen LogP contribution is -2.22. The minimum absolute atomic E-state index is 0.128. The summed E-state index contributed by atoms with van der Waals surface area (Å²) < 4.78 is 0. The highest BCUT2D eigenvalue weighted by molar-refractivity contribution is 7.99. The van der Waals surface area contributed by atoms with Crippen molar-refractivity contribution in [2.24, 2.45) is 0 Å². The van der Waals surface area contributed by atoms with Crippen molar-refractivity contribution in [1.29, 1.82) is 0 Å². The number of nitrogens with one attached hydrogen (secondary N) is 1. The highest BCUT2D eigenvalue weighted by Gasteiger charge is 2.14. The molecule has 0 atom stereocenters. The summed E-state index contributed by atoms with van der Waals surface area (Å²) in [4.78, 5) is 18.3. The Bertz CT molecular complexity index is 396. The predicted molar refractivity (Wildman–Crippen MR) is 65.9 cm³/mol.